The number of nitrogens with two attached hydrogens (primary N) is 1. The molecule has 0 aromatic carbocycles. The predicted molar refractivity (Wildman–Crippen MR) is 57.0 cm³/mol. The molecule has 1 aromatic rings. The van der Waals surface area contributed by atoms with Gasteiger partial charge in [-0.15, -0.1) is 0 Å². The molecule has 0 aliphatic heterocycles. The third-order valence-corrected chi connectivity index (χ3v) is 3.84. The normalized spacial score (nSPS) is 16.6. The lowest BCUT2D eigenvalue weighted by Crippen LogP contribution is -2.25. The van der Waals surface area contributed by atoms with E-state index in [-0.39, 0.29) is 21.8 Å². The van der Waals surface area contributed by atoms with Crippen LogP contribution in [0.3, 0.4) is 0 Å². The highest BCUT2D eigenvalue weighted by Gasteiger charge is 2.28. The summed E-state index contributed by atoms with van der Waals surface area (Å²) in [6, 6.07) is 1.36. The molecule has 2 rings (SSSR count). The summed E-state index contributed by atoms with van der Waals surface area (Å²) < 4.78 is 25.9. The lowest BCUT2D eigenvalue weighted by Gasteiger charge is -2.05. The van der Waals surface area contributed by atoms with Crippen molar-refractivity contribution in [3.05, 3.63) is 17.3 Å². The zero-order valence-electron chi connectivity index (χ0n) is 7.77. The average molecular weight is 248 g/mol. The molecule has 1 heterocycles. The molecule has 0 saturated heterocycles. The molecule has 15 heavy (non-hydrogen) atoms. The average Bonchev–Trinajstić information content (AvgIpc) is 2.92. The number of sulfonamides is 1. The van der Waals surface area contributed by atoms with Crippen molar-refractivity contribution in [3.63, 3.8) is 0 Å². The van der Waals surface area contributed by atoms with Crippen molar-refractivity contribution in [2.75, 3.05) is 5.73 Å². The summed E-state index contributed by atoms with van der Waals surface area (Å²) in [6.45, 7) is 0. The summed E-state index contributed by atoms with van der Waals surface area (Å²) >= 11 is 5.69. The smallest absolute Gasteiger partial charge is 0.242 e. The van der Waals surface area contributed by atoms with Gasteiger partial charge >= 0.3 is 0 Å². The number of nitrogens with one attached hydrogen (secondary N) is 1. The molecule has 1 aliphatic rings. The third-order valence-electron chi connectivity index (χ3n) is 2.05. The first-order chi connectivity index (χ1) is 6.99. The topological polar surface area (TPSA) is 85.1 Å². The van der Waals surface area contributed by atoms with Crippen molar-refractivity contribution < 1.29 is 8.42 Å². The van der Waals surface area contributed by atoms with Gasteiger partial charge in [-0.25, -0.2) is 18.1 Å². The number of aromatic nitrogens is 1. The fourth-order valence-corrected chi connectivity index (χ4v) is 2.57. The van der Waals surface area contributed by atoms with Crippen LogP contribution in [-0.4, -0.2) is 19.4 Å². The van der Waals surface area contributed by atoms with Crippen LogP contribution in [0.5, 0.6) is 0 Å². The number of pyridine rings is 1. The highest BCUT2D eigenvalue weighted by Crippen LogP contribution is 2.24. The van der Waals surface area contributed by atoms with Crippen LogP contribution in [0, 0.1) is 0 Å². The molecule has 1 fully saturated rings. The summed E-state index contributed by atoms with van der Waals surface area (Å²) in [4.78, 5) is 3.75. The first-order valence-electron chi connectivity index (χ1n) is 4.42. The van der Waals surface area contributed by atoms with E-state index < -0.39 is 10.0 Å². The largest absolute Gasteiger partial charge is 0.382 e. The zero-order chi connectivity index (χ0) is 11.1. The Kier molecular flexibility index (Phi) is 2.57. The number of halogens is 1. The molecule has 1 aliphatic carbocycles. The lowest BCUT2D eigenvalue weighted by atomic mass is 10.5. The van der Waals surface area contributed by atoms with Gasteiger partial charge in [0.1, 0.15) is 10.7 Å². The second kappa shape index (κ2) is 3.62. The molecular formula is C8H10ClN3O2S. The number of nitrogen functional groups attached to an aromatic ring is 1. The van der Waals surface area contributed by atoms with E-state index in [9.17, 15) is 8.42 Å². The van der Waals surface area contributed by atoms with Crippen LogP contribution in [-0.2, 0) is 10.0 Å². The van der Waals surface area contributed by atoms with Gasteiger partial charge in [0.2, 0.25) is 10.0 Å². The van der Waals surface area contributed by atoms with Gasteiger partial charge < -0.3 is 5.73 Å². The maximum absolute atomic E-state index is 11.7. The minimum Gasteiger partial charge on any atom is -0.382 e. The SMILES string of the molecule is Nc1ncc(S(=O)(=O)NC2CC2)cc1Cl. The predicted octanol–water partition coefficient (Wildman–Crippen LogP) is 0.758. The fraction of sp³-hybridized carbons (Fsp3) is 0.375. The summed E-state index contributed by atoms with van der Waals surface area (Å²) in [5.41, 5.74) is 5.39. The van der Waals surface area contributed by atoms with Gasteiger partial charge in [0.05, 0.1) is 5.02 Å². The van der Waals surface area contributed by atoms with Crippen molar-refractivity contribution in [3.8, 4) is 0 Å². The summed E-state index contributed by atoms with van der Waals surface area (Å²) in [7, 11) is -3.49. The number of rotatable bonds is 3. The Morgan fingerprint density at radius 1 is 1.53 bits per heavy atom. The second-order valence-electron chi connectivity index (χ2n) is 3.43. The van der Waals surface area contributed by atoms with Crippen LogP contribution < -0.4 is 10.5 Å². The molecule has 3 N–H and O–H groups in total. The molecule has 82 valence electrons. The van der Waals surface area contributed by atoms with Gasteiger partial charge in [-0.1, -0.05) is 11.6 Å². The van der Waals surface area contributed by atoms with Crippen LogP contribution in [0.4, 0.5) is 5.82 Å². The molecule has 0 radical (unpaired) electrons. The van der Waals surface area contributed by atoms with Crippen molar-refractivity contribution in [2.24, 2.45) is 0 Å². The Morgan fingerprint density at radius 2 is 2.20 bits per heavy atom. The minimum absolute atomic E-state index is 0.0496. The fourth-order valence-electron chi connectivity index (χ4n) is 1.07. The molecule has 1 saturated carbocycles. The van der Waals surface area contributed by atoms with E-state index in [1.165, 1.54) is 12.3 Å². The quantitative estimate of drug-likeness (QED) is 0.826. The van der Waals surface area contributed by atoms with Gasteiger partial charge in [0.15, 0.2) is 0 Å². The Labute approximate surface area is 92.7 Å². The van der Waals surface area contributed by atoms with E-state index in [2.05, 4.69) is 9.71 Å². The van der Waals surface area contributed by atoms with Crippen LogP contribution in [0.1, 0.15) is 12.8 Å². The highest BCUT2D eigenvalue weighted by molar-refractivity contribution is 7.89. The van der Waals surface area contributed by atoms with Crippen LogP contribution in [0.2, 0.25) is 5.02 Å². The monoisotopic (exact) mass is 247 g/mol. The highest BCUT2D eigenvalue weighted by atomic mass is 35.5. The number of hydrogen-bond donors (Lipinski definition) is 2. The second-order valence-corrected chi connectivity index (χ2v) is 5.55. The standard InChI is InChI=1S/C8H10ClN3O2S/c9-7-3-6(4-11-8(7)10)15(13,14)12-5-1-2-5/h3-5,12H,1-2H2,(H2,10,11). The number of nitrogens with zero attached hydrogens (tertiary/aromatic N) is 1. The molecular weight excluding hydrogens is 238 g/mol. The van der Waals surface area contributed by atoms with E-state index in [1.807, 2.05) is 0 Å². The van der Waals surface area contributed by atoms with Crippen molar-refractivity contribution in [1.82, 2.24) is 9.71 Å². The molecule has 0 atom stereocenters. The van der Waals surface area contributed by atoms with Gasteiger partial charge in [-0.05, 0) is 18.9 Å². The minimum atomic E-state index is -3.49. The van der Waals surface area contributed by atoms with Crippen LogP contribution in [0.15, 0.2) is 17.2 Å². The maximum Gasteiger partial charge on any atom is 0.242 e. The Bertz CT molecular complexity index is 485. The van der Waals surface area contributed by atoms with Crippen molar-refractivity contribution >= 4 is 27.4 Å². The lowest BCUT2D eigenvalue weighted by molar-refractivity contribution is 0.580. The van der Waals surface area contributed by atoms with E-state index in [4.69, 9.17) is 17.3 Å². The zero-order valence-corrected chi connectivity index (χ0v) is 9.35. The Hall–Kier alpha value is -0.850. The van der Waals surface area contributed by atoms with Crippen LogP contribution in [0.25, 0.3) is 0 Å². The third kappa shape index (κ3) is 2.39. The van der Waals surface area contributed by atoms with E-state index in [0.29, 0.717) is 0 Å². The molecule has 7 heteroatoms. The van der Waals surface area contributed by atoms with Gasteiger partial charge in [0, 0.05) is 12.2 Å². The van der Waals surface area contributed by atoms with Gasteiger partial charge in [0.25, 0.3) is 0 Å². The Balaban J connectivity index is 2.31. The van der Waals surface area contributed by atoms with Crippen LogP contribution >= 0.6 is 11.6 Å². The van der Waals surface area contributed by atoms with Crippen molar-refractivity contribution in [1.29, 1.82) is 0 Å². The van der Waals surface area contributed by atoms with E-state index >= 15 is 0 Å². The Morgan fingerprint density at radius 3 is 2.73 bits per heavy atom. The van der Waals surface area contributed by atoms with Crippen molar-refractivity contribution in [2.45, 2.75) is 23.8 Å². The van der Waals surface area contributed by atoms with Gasteiger partial charge in [-0.2, -0.15) is 0 Å². The molecule has 5 nitrogen and oxygen atoms in total. The molecule has 0 unspecified atom stereocenters. The molecule has 0 bridgehead atoms. The molecule has 0 amide bonds. The summed E-state index contributed by atoms with van der Waals surface area (Å²) in [6.07, 6.45) is 2.97. The molecule has 1 aromatic heterocycles. The van der Waals surface area contributed by atoms with E-state index in [1.54, 1.807) is 0 Å². The van der Waals surface area contributed by atoms with E-state index in [0.717, 1.165) is 12.8 Å². The number of hydrogen-bond acceptors (Lipinski definition) is 4. The first kappa shape index (κ1) is 10.7. The molecule has 0 spiro atoms. The maximum atomic E-state index is 11.7. The number of anilines is 1. The summed E-state index contributed by atoms with van der Waals surface area (Å²) in [5.74, 6) is 0.127. The summed E-state index contributed by atoms with van der Waals surface area (Å²) in [5, 5.41) is 0.147. The first-order valence-corrected chi connectivity index (χ1v) is 6.28. The van der Waals surface area contributed by atoms with Gasteiger partial charge in [-0.3, -0.25) is 0 Å².